The Balaban J connectivity index is 1.79. The van der Waals surface area contributed by atoms with Gasteiger partial charge in [0.05, 0.1) is 17.9 Å². The molecule has 0 aliphatic carbocycles. The van der Waals surface area contributed by atoms with Crippen molar-refractivity contribution < 1.29 is 0 Å². The van der Waals surface area contributed by atoms with E-state index in [-0.39, 0.29) is 6.04 Å². The summed E-state index contributed by atoms with van der Waals surface area (Å²) in [5.74, 6) is 0. The number of aryl methyl sites for hydroxylation is 2. The van der Waals surface area contributed by atoms with Gasteiger partial charge in [0.15, 0.2) is 0 Å². The molecule has 0 bridgehead atoms. The molecule has 1 atom stereocenters. The monoisotopic (exact) mass is 283 g/mol. The fraction of sp³-hybridized carbons (Fsp3) is 0.286. The van der Waals surface area contributed by atoms with E-state index in [1.807, 2.05) is 38.5 Å². The van der Waals surface area contributed by atoms with Crippen LogP contribution in [-0.4, -0.2) is 30.0 Å². The van der Waals surface area contributed by atoms with Crippen LogP contribution in [0.15, 0.2) is 36.9 Å². The smallest absolute Gasteiger partial charge is 0.143 e. The molecule has 3 aromatic rings. The average molecular weight is 283 g/mol. The Morgan fingerprint density at radius 1 is 1.29 bits per heavy atom. The zero-order valence-corrected chi connectivity index (χ0v) is 12.2. The number of aromatic nitrogens is 6. The van der Waals surface area contributed by atoms with Crippen LogP contribution in [0.2, 0.25) is 0 Å². The third kappa shape index (κ3) is 2.76. The lowest BCUT2D eigenvalue weighted by Gasteiger charge is -2.15. The molecule has 1 N–H and O–H groups in total. The molecule has 0 amide bonds. The number of anilines is 1. The summed E-state index contributed by atoms with van der Waals surface area (Å²) in [6, 6.07) is 6.31. The van der Waals surface area contributed by atoms with Crippen molar-refractivity contribution in [3.63, 3.8) is 0 Å². The Hall–Kier alpha value is -2.70. The van der Waals surface area contributed by atoms with Crippen molar-refractivity contribution in [2.24, 2.45) is 7.05 Å². The minimum absolute atomic E-state index is 0.192. The molecule has 108 valence electrons. The summed E-state index contributed by atoms with van der Waals surface area (Å²) in [6.45, 7) is 4.15. The van der Waals surface area contributed by atoms with Crippen molar-refractivity contribution in [1.29, 1.82) is 0 Å². The van der Waals surface area contributed by atoms with E-state index in [1.165, 1.54) is 0 Å². The molecule has 3 rings (SSSR count). The average Bonchev–Trinajstić information content (AvgIpc) is 3.10. The molecule has 1 unspecified atom stereocenters. The van der Waals surface area contributed by atoms with E-state index in [0.29, 0.717) is 0 Å². The lowest BCUT2D eigenvalue weighted by atomic mass is 10.1. The maximum atomic E-state index is 4.20. The van der Waals surface area contributed by atoms with Gasteiger partial charge >= 0.3 is 0 Å². The van der Waals surface area contributed by atoms with Crippen LogP contribution < -0.4 is 5.32 Å². The fourth-order valence-electron chi connectivity index (χ4n) is 2.27. The Labute approximate surface area is 122 Å². The van der Waals surface area contributed by atoms with Crippen LogP contribution in [0, 0.1) is 6.92 Å². The van der Waals surface area contributed by atoms with E-state index in [2.05, 4.69) is 38.9 Å². The minimum atomic E-state index is 0.192. The maximum Gasteiger partial charge on any atom is 0.143 e. The van der Waals surface area contributed by atoms with Gasteiger partial charge in [-0.3, -0.25) is 4.68 Å². The second-order valence-electron chi connectivity index (χ2n) is 5.07. The molecule has 7 heteroatoms. The van der Waals surface area contributed by atoms with Crippen LogP contribution in [0.4, 0.5) is 5.69 Å². The molecule has 0 aliphatic heterocycles. The molecular weight excluding hydrogens is 266 g/mol. The van der Waals surface area contributed by atoms with Crippen molar-refractivity contribution in [2.45, 2.75) is 19.9 Å². The Bertz CT molecular complexity index is 730. The van der Waals surface area contributed by atoms with Gasteiger partial charge in [-0.2, -0.15) is 5.10 Å². The summed E-state index contributed by atoms with van der Waals surface area (Å²) in [7, 11) is 1.92. The van der Waals surface area contributed by atoms with Crippen LogP contribution in [0.3, 0.4) is 0 Å². The first-order chi connectivity index (χ1) is 10.1. The predicted molar refractivity (Wildman–Crippen MR) is 79.1 cm³/mol. The highest BCUT2D eigenvalue weighted by Gasteiger charge is 2.09. The summed E-state index contributed by atoms with van der Waals surface area (Å²) in [4.78, 5) is 0. The summed E-state index contributed by atoms with van der Waals surface area (Å²) in [5, 5.41) is 18.9. The van der Waals surface area contributed by atoms with Crippen LogP contribution in [0.5, 0.6) is 0 Å². The number of nitrogens with zero attached hydrogens (tertiary/aromatic N) is 6. The quantitative estimate of drug-likeness (QED) is 0.791. The molecule has 0 saturated carbocycles. The van der Waals surface area contributed by atoms with E-state index in [9.17, 15) is 0 Å². The van der Waals surface area contributed by atoms with Crippen LogP contribution in [0.1, 0.15) is 24.1 Å². The number of nitrogens with one attached hydrogen (secondary N) is 1. The van der Waals surface area contributed by atoms with Crippen LogP contribution >= 0.6 is 0 Å². The standard InChI is InChI=1S/C14H17N7/c1-10-6-13(4-5-14(10)21-9-15-18-19-21)17-11(2)12-7-16-20(3)8-12/h4-9,11,17H,1-3H3. The third-order valence-electron chi connectivity index (χ3n) is 3.40. The first-order valence-electron chi connectivity index (χ1n) is 6.72. The summed E-state index contributed by atoms with van der Waals surface area (Å²) in [6.07, 6.45) is 5.48. The molecule has 7 nitrogen and oxygen atoms in total. The molecule has 1 aromatic carbocycles. The summed E-state index contributed by atoms with van der Waals surface area (Å²) < 4.78 is 3.46. The predicted octanol–water partition coefficient (Wildman–Crippen LogP) is 1.88. The van der Waals surface area contributed by atoms with Gasteiger partial charge in [0, 0.05) is 24.5 Å². The van der Waals surface area contributed by atoms with Crippen molar-refractivity contribution in [2.75, 3.05) is 5.32 Å². The van der Waals surface area contributed by atoms with E-state index < -0.39 is 0 Å². The Morgan fingerprint density at radius 3 is 2.76 bits per heavy atom. The molecule has 0 fully saturated rings. The van der Waals surface area contributed by atoms with Gasteiger partial charge in [0.25, 0.3) is 0 Å². The van der Waals surface area contributed by atoms with Gasteiger partial charge in [-0.25, -0.2) is 4.68 Å². The normalized spacial score (nSPS) is 12.3. The number of rotatable bonds is 4. The summed E-state index contributed by atoms with van der Waals surface area (Å²) in [5.41, 5.74) is 4.28. The SMILES string of the molecule is Cc1cc(NC(C)c2cnn(C)c2)ccc1-n1cnnn1. The van der Waals surface area contributed by atoms with Gasteiger partial charge in [0.1, 0.15) is 6.33 Å². The molecule has 2 heterocycles. The first-order valence-corrected chi connectivity index (χ1v) is 6.72. The zero-order chi connectivity index (χ0) is 14.8. The van der Waals surface area contributed by atoms with Crippen molar-refractivity contribution in [3.05, 3.63) is 48.0 Å². The van der Waals surface area contributed by atoms with Crippen molar-refractivity contribution in [1.82, 2.24) is 30.0 Å². The molecule has 0 spiro atoms. The largest absolute Gasteiger partial charge is 0.378 e. The second-order valence-corrected chi connectivity index (χ2v) is 5.07. The molecule has 2 aromatic heterocycles. The highest BCUT2D eigenvalue weighted by Crippen LogP contribution is 2.22. The van der Waals surface area contributed by atoms with E-state index in [1.54, 1.807) is 15.7 Å². The van der Waals surface area contributed by atoms with E-state index >= 15 is 0 Å². The molecule has 21 heavy (non-hydrogen) atoms. The highest BCUT2D eigenvalue weighted by atomic mass is 15.5. The number of hydrogen-bond donors (Lipinski definition) is 1. The van der Waals surface area contributed by atoms with Gasteiger partial charge in [-0.1, -0.05) is 0 Å². The third-order valence-corrected chi connectivity index (χ3v) is 3.40. The number of tetrazole rings is 1. The lowest BCUT2D eigenvalue weighted by molar-refractivity contribution is 0.765. The van der Waals surface area contributed by atoms with Gasteiger partial charge in [-0.05, 0) is 48.0 Å². The van der Waals surface area contributed by atoms with Crippen molar-refractivity contribution >= 4 is 5.69 Å². The van der Waals surface area contributed by atoms with E-state index in [4.69, 9.17) is 0 Å². The van der Waals surface area contributed by atoms with E-state index in [0.717, 1.165) is 22.5 Å². The van der Waals surface area contributed by atoms with Crippen molar-refractivity contribution in [3.8, 4) is 5.69 Å². The molecule has 0 aliphatic rings. The second kappa shape index (κ2) is 5.35. The molecule has 0 radical (unpaired) electrons. The zero-order valence-electron chi connectivity index (χ0n) is 12.2. The maximum absolute atomic E-state index is 4.20. The minimum Gasteiger partial charge on any atom is -0.378 e. The van der Waals surface area contributed by atoms with Gasteiger partial charge in [0.2, 0.25) is 0 Å². The highest BCUT2D eigenvalue weighted by molar-refractivity contribution is 5.54. The first kappa shape index (κ1) is 13.3. The van der Waals surface area contributed by atoms with Gasteiger partial charge < -0.3 is 5.32 Å². The Morgan fingerprint density at radius 2 is 2.14 bits per heavy atom. The topological polar surface area (TPSA) is 73.5 Å². The number of hydrogen-bond acceptors (Lipinski definition) is 5. The Kier molecular flexibility index (Phi) is 3.39. The molecular formula is C14H17N7. The molecule has 0 saturated heterocycles. The fourth-order valence-corrected chi connectivity index (χ4v) is 2.27. The number of benzene rings is 1. The van der Waals surface area contributed by atoms with Crippen LogP contribution in [0.25, 0.3) is 5.69 Å². The summed E-state index contributed by atoms with van der Waals surface area (Å²) >= 11 is 0. The van der Waals surface area contributed by atoms with Crippen LogP contribution in [-0.2, 0) is 7.05 Å². The van der Waals surface area contributed by atoms with Gasteiger partial charge in [-0.15, -0.1) is 5.10 Å². The lowest BCUT2D eigenvalue weighted by Crippen LogP contribution is -2.07.